The van der Waals surface area contributed by atoms with Gasteiger partial charge in [-0.2, -0.15) is 0 Å². The number of fused-ring (bicyclic) bond motifs is 1. The van der Waals surface area contributed by atoms with Crippen molar-refractivity contribution in [1.82, 2.24) is 25.9 Å². The second kappa shape index (κ2) is 8.41. The highest BCUT2D eigenvalue weighted by Crippen LogP contribution is 2.30. The van der Waals surface area contributed by atoms with Crippen molar-refractivity contribution in [2.75, 3.05) is 19.6 Å². The highest BCUT2D eigenvalue weighted by Gasteiger charge is 2.33. The van der Waals surface area contributed by atoms with Crippen LogP contribution < -0.4 is 16.0 Å². The van der Waals surface area contributed by atoms with Gasteiger partial charge in [0.15, 0.2) is 0 Å². The van der Waals surface area contributed by atoms with Gasteiger partial charge in [-0.1, -0.05) is 6.07 Å². The smallest absolute Gasteiger partial charge is 0.407 e. The highest BCUT2D eigenvalue weighted by atomic mass is 16.6. The molecule has 0 saturated carbocycles. The summed E-state index contributed by atoms with van der Waals surface area (Å²) in [6.45, 7) is 9.43. The standard InChI is InChI=1S/C21H31N5O3/c1-20(2,3)29-19(28)23-12-7-11-22-17(27)14-8-5-9-15-16(14)26-18(25-15)21(4)10-6-13-24-21/h5,8-9,24H,6-7,10-13H2,1-4H3,(H,22,27)(H,23,28)(H,25,26)/t21-/m0/s1. The topological polar surface area (TPSA) is 108 Å². The summed E-state index contributed by atoms with van der Waals surface area (Å²) in [5.74, 6) is 0.697. The summed E-state index contributed by atoms with van der Waals surface area (Å²) in [5, 5.41) is 9.08. The van der Waals surface area contributed by atoms with E-state index in [-0.39, 0.29) is 11.4 Å². The molecule has 29 heavy (non-hydrogen) atoms. The molecule has 1 atom stereocenters. The van der Waals surface area contributed by atoms with Gasteiger partial charge in [0.05, 0.1) is 16.6 Å². The Hall–Kier alpha value is -2.61. The molecular formula is C21H31N5O3. The van der Waals surface area contributed by atoms with Gasteiger partial charge >= 0.3 is 6.09 Å². The first kappa shape index (κ1) is 21.1. The van der Waals surface area contributed by atoms with E-state index in [1.807, 2.05) is 32.9 Å². The van der Waals surface area contributed by atoms with Crippen LogP contribution in [0.2, 0.25) is 0 Å². The fourth-order valence-corrected chi connectivity index (χ4v) is 3.46. The molecule has 1 fully saturated rings. The predicted molar refractivity (Wildman–Crippen MR) is 112 cm³/mol. The summed E-state index contributed by atoms with van der Waals surface area (Å²) < 4.78 is 5.18. The van der Waals surface area contributed by atoms with Crippen LogP contribution in [0.4, 0.5) is 4.79 Å². The zero-order chi connectivity index (χ0) is 21.1. The van der Waals surface area contributed by atoms with E-state index in [1.54, 1.807) is 6.07 Å². The molecule has 0 unspecified atom stereocenters. The average Bonchev–Trinajstić information content (AvgIpc) is 3.26. The number of H-pyrrole nitrogens is 1. The zero-order valence-corrected chi connectivity index (χ0v) is 17.6. The van der Waals surface area contributed by atoms with E-state index in [0.29, 0.717) is 30.6 Å². The maximum Gasteiger partial charge on any atom is 0.407 e. The summed E-state index contributed by atoms with van der Waals surface area (Å²) in [5.41, 5.74) is 1.38. The normalized spacial score (nSPS) is 19.3. The van der Waals surface area contributed by atoms with E-state index in [0.717, 1.165) is 30.7 Å². The van der Waals surface area contributed by atoms with Crippen molar-refractivity contribution in [2.24, 2.45) is 0 Å². The minimum atomic E-state index is -0.523. The Morgan fingerprint density at radius 1 is 1.24 bits per heavy atom. The van der Waals surface area contributed by atoms with Crippen LogP contribution in [0.5, 0.6) is 0 Å². The second-order valence-electron chi connectivity index (χ2n) is 8.69. The Labute approximate surface area is 171 Å². The number of imidazole rings is 1. The van der Waals surface area contributed by atoms with Crippen LogP contribution in [0, 0.1) is 0 Å². The molecule has 3 rings (SSSR count). The lowest BCUT2D eigenvalue weighted by Crippen LogP contribution is -2.34. The minimum absolute atomic E-state index is 0.171. The van der Waals surface area contributed by atoms with E-state index >= 15 is 0 Å². The number of rotatable bonds is 6. The minimum Gasteiger partial charge on any atom is -0.444 e. The number of benzene rings is 1. The van der Waals surface area contributed by atoms with Gasteiger partial charge in [0, 0.05) is 13.1 Å². The van der Waals surface area contributed by atoms with E-state index in [9.17, 15) is 9.59 Å². The van der Waals surface area contributed by atoms with Crippen LogP contribution in [0.3, 0.4) is 0 Å². The number of hydrogen-bond donors (Lipinski definition) is 4. The molecule has 8 heteroatoms. The maximum absolute atomic E-state index is 12.7. The van der Waals surface area contributed by atoms with Gasteiger partial charge in [-0.3, -0.25) is 4.79 Å². The molecule has 1 aliphatic heterocycles. The third-order valence-corrected chi connectivity index (χ3v) is 4.96. The molecular weight excluding hydrogens is 370 g/mol. The highest BCUT2D eigenvalue weighted by molar-refractivity contribution is 6.04. The molecule has 2 heterocycles. The molecule has 8 nitrogen and oxygen atoms in total. The number of nitrogens with one attached hydrogen (secondary N) is 4. The molecule has 2 aromatic rings. The van der Waals surface area contributed by atoms with E-state index in [4.69, 9.17) is 9.72 Å². The Morgan fingerprint density at radius 2 is 2.00 bits per heavy atom. The largest absolute Gasteiger partial charge is 0.444 e. The molecule has 0 radical (unpaired) electrons. The van der Waals surface area contributed by atoms with Crippen molar-refractivity contribution >= 4 is 23.0 Å². The van der Waals surface area contributed by atoms with Crippen molar-refractivity contribution in [3.05, 3.63) is 29.6 Å². The van der Waals surface area contributed by atoms with Gasteiger partial charge in [-0.25, -0.2) is 9.78 Å². The lowest BCUT2D eigenvalue weighted by molar-refractivity contribution is 0.0527. The first-order valence-electron chi connectivity index (χ1n) is 10.2. The van der Waals surface area contributed by atoms with Crippen molar-refractivity contribution < 1.29 is 14.3 Å². The molecule has 1 aromatic carbocycles. The number of ether oxygens (including phenoxy) is 1. The number of nitrogens with zero attached hydrogens (tertiary/aromatic N) is 1. The van der Waals surface area contributed by atoms with Crippen LogP contribution in [0.1, 0.15) is 63.1 Å². The summed E-state index contributed by atoms with van der Waals surface area (Å²) in [7, 11) is 0. The quantitative estimate of drug-likeness (QED) is 0.557. The summed E-state index contributed by atoms with van der Waals surface area (Å²) in [6.07, 6.45) is 2.28. The van der Waals surface area contributed by atoms with E-state index < -0.39 is 11.7 Å². The molecule has 158 valence electrons. The molecule has 1 aliphatic rings. The Bertz CT molecular complexity index is 878. The summed E-state index contributed by atoms with van der Waals surface area (Å²) >= 11 is 0. The SMILES string of the molecule is CC(C)(C)OC(=O)NCCCNC(=O)c1cccc2[nH]c([C@]3(C)CCCN3)nc12. The van der Waals surface area contributed by atoms with Crippen molar-refractivity contribution in [3.8, 4) is 0 Å². The number of para-hydroxylation sites is 1. The van der Waals surface area contributed by atoms with Gasteiger partial charge in [-0.05, 0) is 65.6 Å². The number of alkyl carbamates (subject to hydrolysis) is 1. The van der Waals surface area contributed by atoms with Gasteiger partial charge in [0.25, 0.3) is 5.91 Å². The van der Waals surface area contributed by atoms with Crippen LogP contribution >= 0.6 is 0 Å². The second-order valence-corrected chi connectivity index (χ2v) is 8.69. The monoisotopic (exact) mass is 401 g/mol. The zero-order valence-electron chi connectivity index (χ0n) is 17.6. The Kier molecular flexibility index (Phi) is 6.12. The summed E-state index contributed by atoms with van der Waals surface area (Å²) in [6, 6.07) is 5.57. The van der Waals surface area contributed by atoms with Crippen molar-refractivity contribution in [3.63, 3.8) is 0 Å². The predicted octanol–water partition coefficient (Wildman–Crippen LogP) is 2.81. The molecule has 2 amide bonds. The molecule has 0 spiro atoms. The molecule has 0 bridgehead atoms. The molecule has 1 saturated heterocycles. The molecule has 1 aromatic heterocycles. The van der Waals surface area contributed by atoms with Crippen LogP contribution in [-0.2, 0) is 10.3 Å². The molecule has 4 N–H and O–H groups in total. The van der Waals surface area contributed by atoms with Gasteiger partial charge in [0.1, 0.15) is 16.9 Å². The number of aromatic nitrogens is 2. The van der Waals surface area contributed by atoms with Gasteiger partial charge in [0.2, 0.25) is 0 Å². The maximum atomic E-state index is 12.7. The summed E-state index contributed by atoms with van der Waals surface area (Å²) in [4.78, 5) is 32.4. The number of amides is 2. The Morgan fingerprint density at radius 3 is 2.69 bits per heavy atom. The third-order valence-electron chi connectivity index (χ3n) is 4.96. The Balaban J connectivity index is 1.56. The van der Waals surface area contributed by atoms with Crippen molar-refractivity contribution in [2.45, 2.75) is 58.1 Å². The fraction of sp³-hybridized carbons (Fsp3) is 0.571. The molecule has 0 aliphatic carbocycles. The first-order chi connectivity index (χ1) is 13.7. The van der Waals surface area contributed by atoms with Gasteiger partial charge in [-0.15, -0.1) is 0 Å². The number of aromatic amines is 1. The van der Waals surface area contributed by atoms with Gasteiger partial charge < -0.3 is 25.7 Å². The van der Waals surface area contributed by atoms with E-state index in [1.165, 1.54) is 0 Å². The lowest BCUT2D eigenvalue weighted by Gasteiger charge is -2.21. The van der Waals surface area contributed by atoms with Crippen LogP contribution in [-0.4, -0.2) is 47.2 Å². The fourth-order valence-electron chi connectivity index (χ4n) is 3.46. The van der Waals surface area contributed by atoms with Crippen LogP contribution in [0.15, 0.2) is 18.2 Å². The number of hydrogen-bond acceptors (Lipinski definition) is 5. The van der Waals surface area contributed by atoms with Crippen LogP contribution in [0.25, 0.3) is 11.0 Å². The first-order valence-corrected chi connectivity index (χ1v) is 10.2. The van der Waals surface area contributed by atoms with Crippen molar-refractivity contribution in [1.29, 1.82) is 0 Å². The number of carbonyl (C=O) groups is 2. The average molecular weight is 402 g/mol. The third kappa shape index (κ3) is 5.26. The lowest BCUT2D eigenvalue weighted by atomic mass is 10.00. The number of carbonyl (C=O) groups excluding carboxylic acids is 2. The van der Waals surface area contributed by atoms with E-state index in [2.05, 4.69) is 27.9 Å².